The van der Waals surface area contributed by atoms with Crippen molar-refractivity contribution in [2.24, 2.45) is 5.92 Å². The van der Waals surface area contributed by atoms with E-state index in [1.165, 1.54) is 11.3 Å². The fourth-order valence-electron chi connectivity index (χ4n) is 5.11. The van der Waals surface area contributed by atoms with Gasteiger partial charge in [0, 0.05) is 48.5 Å². The number of carbonyl (C=O) groups excluding carboxylic acids is 3. The zero-order valence-corrected chi connectivity index (χ0v) is 22.8. The largest absolute Gasteiger partial charge is 0.478 e. The van der Waals surface area contributed by atoms with Gasteiger partial charge in [0.2, 0.25) is 5.91 Å². The molecule has 38 heavy (non-hydrogen) atoms. The Morgan fingerprint density at radius 2 is 1.92 bits per heavy atom. The molecule has 2 fully saturated rings. The predicted octanol–water partition coefficient (Wildman–Crippen LogP) is 2.80. The lowest BCUT2D eigenvalue weighted by molar-refractivity contribution is -0.134. The molecule has 1 aliphatic heterocycles. The number of aromatic nitrogens is 2. The number of ether oxygens (including phenoxy) is 1. The third-order valence-electron chi connectivity index (χ3n) is 7.08. The average Bonchev–Trinajstić information content (AvgIpc) is 3.66. The Labute approximate surface area is 229 Å². The maximum atomic E-state index is 13.2. The van der Waals surface area contributed by atoms with Crippen LogP contribution in [0.1, 0.15) is 46.0 Å². The van der Waals surface area contributed by atoms with Gasteiger partial charge >= 0.3 is 0 Å². The van der Waals surface area contributed by atoms with E-state index >= 15 is 0 Å². The number of rotatable bonds is 7. The van der Waals surface area contributed by atoms with Gasteiger partial charge in [-0.1, -0.05) is 22.9 Å². The molecule has 0 radical (unpaired) electrons. The molecule has 2 aromatic heterocycles. The quantitative estimate of drug-likeness (QED) is 0.353. The van der Waals surface area contributed by atoms with Crippen LogP contribution in [0.15, 0.2) is 30.5 Å². The second-order valence-corrected chi connectivity index (χ2v) is 11.5. The molecular formula is C26H31ClN6O4S. The third kappa shape index (κ3) is 5.95. The number of thiazole rings is 1. The molecule has 3 aromatic rings. The molecule has 2 aliphatic rings. The topological polar surface area (TPSA) is 128 Å². The van der Waals surface area contributed by atoms with Gasteiger partial charge in [0.05, 0.1) is 12.2 Å². The van der Waals surface area contributed by atoms with Crippen LogP contribution in [0, 0.1) is 5.92 Å². The van der Waals surface area contributed by atoms with E-state index in [9.17, 15) is 14.4 Å². The SMILES string of the molecule is CN(C)C(=O)[C@H]1CC[C@H](NC(=O)c2cc3cc(Cl)ccc3[nH]2)[C@H](NC(=O)c2ncc(OC3CCNC3)s2)C1. The Bertz CT molecular complexity index is 1330. The first-order chi connectivity index (χ1) is 18.3. The number of nitrogens with one attached hydrogen (secondary N) is 4. The Kier molecular flexibility index (Phi) is 7.87. The minimum Gasteiger partial charge on any atom is -0.478 e. The fraction of sp³-hybridized carbons (Fsp3) is 0.462. The van der Waals surface area contributed by atoms with Crippen molar-refractivity contribution >= 4 is 51.6 Å². The smallest absolute Gasteiger partial charge is 0.280 e. The number of hydrogen-bond acceptors (Lipinski definition) is 7. The highest BCUT2D eigenvalue weighted by Crippen LogP contribution is 2.29. The van der Waals surface area contributed by atoms with Crippen LogP contribution in [-0.2, 0) is 4.79 Å². The monoisotopic (exact) mass is 558 g/mol. The number of hydrogen-bond donors (Lipinski definition) is 4. The van der Waals surface area contributed by atoms with Crippen molar-refractivity contribution in [1.29, 1.82) is 0 Å². The molecule has 1 aliphatic carbocycles. The van der Waals surface area contributed by atoms with Crippen molar-refractivity contribution in [3.05, 3.63) is 46.2 Å². The van der Waals surface area contributed by atoms with Gasteiger partial charge in [-0.2, -0.15) is 0 Å². The molecule has 1 saturated heterocycles. The first kappa shape index (κ1) is 26.5. The number of H-pyrrole nitrogens is 1. The fourth-order valence-corrected chi connectivity index (χ4v) is 6.02. The summed E-state index contributed by atoms with van der Waals surface area (Å²) in [6.45, 7) is 1.68. The van der Waals surface area contributed by atoms with E-state index in [2.05, 4.69) is 25.9 Å². The molecule has 0 spiro atoms. The lowest BCUT2D eigenvalue weighted by Gasteiger charge is -2.37. The van der Waals surface area contributed by atoms with Crippen LogP contribution in [0.25, 0.3) is 10.9 Å². The second-order valence-electron chi connectivity index (χ2n) is 10.0. The summed E-state index contributed by atoms with van der Waals surface area (Å²) >= 11 is 7.28. The number of fused-ring (bicyclic) bond motifs is 1. The minimum absolute atomic E-state index is 0.0108. The maximum Gasteiger partial charge on any atom is 0.280 e. The molecule has 3 heterocycles. The van der Waals surface area contributed by atoms with Crippen LogP contribution in [0.5, 0.6) is 5.06 Å². The van der Waals surface area contributed by atoms with Crippen molar-refractivity contribution in [3.8, 4) is 5.06 Å². The summed E-state index contributed by atoms with van der Waals surface area (Å²) in [6, 6.07) is 6.33. The van der Waals surface area contributed by atoms with E-state index in [-0.39, 0.29) is 40.8 Å². The maximum absolute atomic E-state index is 13.2. The van der Waals surface area contributed by atoms with E-state index in [1.54, 1.807) is 43.4 Å². The van der Waals surface area contributed by atoms with Gasteiger partial charge in [-0.3, -0.25) is 14.4 Å². The van der Waals surface area contributed by atoms with Gasteiger partial charge in [0.1, 0.15) is 11.8 Å². The van der Waals surface area contributed by atoms with E-state index in [0.29, 0.717) is 35.0 Å². The molecule has 1 aromatic carbocycles. The van der Waals surface area contributed by atoms with E-state index in [1.807, 2.05) is 6.07 Å². The Balaban J connectivity index is 1.29. The summed E-state index contributed by atoms with van der Waals surface area (Å²) in [6.07, 6.45) is 4.13. The van der Waals surface area contributed by atoms with Gasteiger partial charge < -0.3 is 30.6 Å². The molecule has 0 bridgehead atoms. The molecule has 10 nitrogen and oxygen atoms in total. The lowest BCUT2D eigenvalue weighted by Crippen LogP contribution is -2.56. The first-order valence-corrected chi connectivity index (χ1v) is 13.9. The third-order valence-corrected chi connectivity index (χ3v) is 8.20. The molecule has 12 heteroatoms. The van der Waals surface area contributed by atoms with Crippen molar-refractivity contribution in [2.45, 2.75) is 43.9 Å². The van der Waals surface area contributed by atoms with Crippen molar-refractivity contribution in [3.63, 3.8) is 0 Å². The zero-order chi connectivity index (χ0) is 26.8. The number of amides is 3. The number of aromatic amines is 1. The van der Waals surface area contributed by atoms with Crippen LogP contribution in [0.2, 0.25) is 5.02 Å². The van der Waals surface area contributed by atoms with Gasteiger partial charge in [-0.25, -0.2) is 4.98 Å². The Hall–Kier alpha value is -3.15. The van der Waals surface area contributed by atoms with Crippen LogP contribution >= 0.6 is 22.9 Å². The van der Waals surface area contributed by atoms with E-state index in [4.69, 9.17) is 16.3 Å². The minimum atomic E-state index is -0.444. The number of halogens is 1. The van der Waals surface area contributed by atoms with Gasteiger partial charge in [0.15, 0.2) is 10.1 Å². The van der Waals surface area contributed by atoms with Gasteiger partial charge in [-0.15, -0.1) is 0 Å². The number of benzene rings is 1. The predicted molar refractivity (Wildman–Crippen MR) is 146 cm³/mol. The van der Waals surface area contributed by atoms with Crippen molar-refractivity contribution < 1.29 is 19.1 Å². The highest BCUT2D eigenvalue weighted by molar-refractivity contribution is 7.15. The number of nitrogens with zero attached hydrogens (tertiary/aromatic N) is 2. The molecule has 4 atom stereocenters. The summed E-state index contributed by atoms with van der Waals surface area (Å²) in [4.78, 5) is 48.0. The Morgan fingerprint density at radius 3 is 2.68 bits per heavy atom. The van der Waals surface area contributed by atoms with Crippen LogP contribution in [-0.4, -0.2) is 78.0 Å². The number of carbonyl (C=O) groups is 3. The molecular weight excluding hydrogens is 528 g/mol. The second kappa shape index (κ2) is 11.3. The molecule has 1 unspecified atom stereocenters. The Morgan fingerprint density at radius 1 is 1.11 bits per heavy atom. The summed E-state index contributed by atoms with van der Waals surface area (Å²) in [5.74, 6) is -0.869. The highest BCUT2D eigenvalue weighted by atomic mass is 35.5. The summed E-state index contributed by atoms with van der Waals surface area (Å²) in [7, 11) is 3.45. The molecule has 5 rings (SSSR count). The normalized spacial score (nSPS) is 23.2. The molecule has 4 N–H and O–H groups in total. The molecule has 1 saturated carbocycles. The van der Waals surface area contributed by atoms with Crippen molar-refractivity contribution in [1.82, 2.24) is 30.8 Å². The summed E-state index contributed by atoms with van der Waals surface area (Å²) in [5.41, 5.74) is 1.21. The zero-order valence-electron chi connectivity index (χ0n) is 21.3. The molecule has 3 amide bonds. The van der Waals surface area contributed by atoms with Crippen molar-refractivity contribution in [2.75, 3.05) is 27.2 Å². The van der Waals surface area contributed by atoms with Gasteiger partial charge in [0.25, 0.3) is 11.8 Å². The van der Waals surface area contributed by atoms with Crippen LogP contribution in [0.4, 0.5) is 0 Å². The summed E-state index contributed by atoms with van der Waals surface area (Å²) in [5, 5.41) is 11.7. The average molecular weight is 559 g/mol. The standard InChI is InChI=1S/C26H31ClN6O4S/c1-33(2)26(36)14-3-5-19(31-23(34)21-11-15-9-16(27)4-6-18(15)30-21)20(10-14)32-24(35)25-29-13-22(38-25)37-17-7-8-28-12-17/h4,6,9,11,13-14,17,19-20,28,30H,3,5,7-8,10,12H2,1-2H3,(H,31,34)(H,32,35)/t14-,17?,19-,20+/m0/s1. The van der Waals surface area contributed by atoms with Gasteiger partial charge in [-0.05, 0) is 56.5 Å². The van der Waals surface area contributed by atoms with E-state index < -0.39 is 6.04 Å². The van der Waals surface area contributed by atoms with E-state index in [0.717, 1.165) is 30.4 Å². The van der Waals surface area contributed by atoms with Crippen LogP contribution in [0.3, 0.4) is 0 Å². The first-order valence-electron chi connectivity index (χ1n) is 12.7. The van der Waals surface area contributed by atoms with Crippen LogP contribution < -0.4 is 20.7 Å². The lowest BCUT2D eigenvalue weighted by atomic mass is 9.81. The molecule has 202 valence electrons. The summed E-state index contributed by atoms with van der Waals surface area (Å²) < 4.78 is 5.92. The highest BCUT2D eigenvalue weighted by Gasteiger charge is 2.37.